The molecule has 6 heteroatoms. The van der Waals surface area contributed by atoms with Crippen LogP contribution in [0.15, 0.2) is 30.6 Å². The maximum absolute atomic E-state index is 13.2. The molecule has 1 aliphatic carbocycles. The summed E-state index contributed by atoms with van der Waals surface area (Å²) in [5, 5.41) is 5.69. The first-order chi connectivity index (χ1) is 11.7. The number of halogens is 1. The normalized spacial score (nSPS) is 17.5. The molecule has 0 saturated carbocycles. The third kappa shape index (κ3) is 1.99. The fourth-order valence-electron chi connectivity index (χ4n) is 3.61. The number of hydrogen-bond donors (Lipinski definition) is 0. The van der Waals surface area contributed by atoms with Crippen molar-refractivity contribution in [2.45, 2.75) is 32.1 Å². The number of aromatic nitrogens is 4. The van der Waals surface area contributed by atoms with Crippen molar-refractivity contribution in [3.63, 3.8) is 0 Å². The lowest BCUT2D eigenvalue weighted by molar-refractivity contribution is 0.602. The van der Waals surface area contributed by atoms with E-state index in [-0.39, 0.29) is 5.82 Å². The topological polar surface area (TPSA) is 43.1 Å². The molecule has 0 radical (unpaired) electrons. The predicted octanol–water partition coefficient (Wildman–Crippen LogP) is 4.58. The molecule has 0 amide bonds. The number of benzene rings is 1. The minimum atomic E-state index is -0.257. The third-order valence-electron chi connectivity index (χ3n) is 4.78. The van der Waals surface area contributed by atoms with Gasteiger partial charge in [0.2, 0.25) is 0 Å². The van der Waals surface area contributed by atoms with E-state index in [1.807, 2.05) is 0 Å². The lowest BCUT2D eigenvalue weighted by Gasteiger charge is -2.18. The van der Waals surface area contributed by atoms with E-state index in [2.05, 4.69) is 17.0 Å². The molecule has 24 heavy (non-hydrogen) atoms. The monoisotopic (exact) mass is 338 g/mol. The molecule has 3 aromatic heterocycles. The van der Waals surface area contributed by atoms with Crippen molar-refractivity contribution in [1.29, 1.82) is 0 Å². The van der Waals surface area contributed by atoms with Crippen LogP contribution in [-0.4, -0.2) is 19.6 Å². The molecule has 3 heterocycles. The second-order valence-corrected chi connectivity index (χ2v) is 7.45. The van der Waals surface area contributed by atoms with Crippen molar-refractivity contribution in [2.75, 3.05) is 0 Å². The van der Waals surface area contributed by atoms with E-state index in [9.17, 15) is 4.39 Å². The molecule has 0 spiro atoms. The van der Waals surface area contributed by atoms with E-state index in [1.165, 1.54) is 35.4 Å². The molecule has 0 N–H and O–H groups in total. The fourth-order valence-corrected chi connectivity index (χ4v) is 4.90. The van der Waals surface area contributed by atoms with E-state index < -0.39 is 0 Å². The van der Waals surface area contributed by atoms with Crippen LogP contribution in [0.1, 0.15) is 36.1 Å². The summed E-state index contributed by atoms with van der Waals surface area (Å²) in [6, 6.07) is 6.29. The average molecular weight is 338 g/mol. The number of fused-ring (bicyclic) bond motifs is 5. The van der Waals surface area contributed by atoms with Gasteiger partial charge in [-0.3, -0.25) is 0 Å². The highest BCUT2D eigenvalue weighted by atomic mass is 32.1. The lowest BCUT2D eigenvalue weighted by atomic mass is 9.87. The van der Waals surface area contributed by atoms with Crippen LogP contribution in [0.4, 0.5) is 4.39 Å². The summed E-state index contributed by atoms with van der Waals surface area (Å²) in [4.78, 5) is 11.8. The molecule has 4 aromatic rings. The van der Waals surface area contributed by atoms with E-state index in [4.69, 9.17) is 4.98 Å². The van der Waals surface area contributed by atoms with Crippen molar-refractivity contribution >= 4 is 27.2 Å². The Morgan fingerprint density at radius 2 is 2.08 bits per heavy atom. The van der Waals surface area contributed by atoms with Crippen molar-refractivity contribution in [2.24, 2.45) is 0 Å². The van der Waals surface area contributed by atoms with Gasteiger partial charge in [0, 0.05) is 10.4 Å². The molecule has 4 nitrogen and oxygen atoms in total. The Balaban J connectivity index is 1.78. The second kappa shape index (κ2) is 5.08. The molecular formula is C18H15FN4S. The van der Waals surface area contributed by atoms with Gasteiger partial charge < -0.3 is 0 Å². The summed E-state index contributed by atoms with van der Waals surface area (Å²) in [6.07, 6.45) is 5.31. The molecule has 1 atom stereocenters. The number of nitrogens with zero attached hydrogens (tertiary/aromatic N) is 4. The highest BCUT2D eigenvalue weighted by Crippen LogP contribution is 2.42. The van der Waals surface area contributed by atoms with Crippen LogP contribution < -0.4 is 0 Å². The summed E-state index contributed by atoms with van der Waals surface area (Å²) in [7, 11) is 0. The second-order valence-electron chi connectivity index (χ2n) is 6.37. The zero-order chi connectivity index (χ0) is 16.3. The van der Waals surface area contributed by atoms with Crippen LogP contribution in [0.2, 0.25) is 0 Å². The maximum atomic E-state index is 13.2. The van der Waals surface area contributed by atoms with Crippen molar-refractivity contribution in [3.8, 4) is 11.4 Å². The standard InChI is InChI=1S/C18H15FN4S/c1-10-3-2-4-13-14(10)15-17-21-16(11-5-7-12(19)8-6-11)22-23(17)9-20-18(15)24-13/h5-10H,2-4H2,1H3/t10-/m1/s1. The van der Waals surface area contributed by atoms with Gasteiger partial charge in [0.05, 0.1) is 5.39 Å². The molecule has 5 rings (SSSR count). The number of aryl methyl sites for hydroxylation is 1. The number of thiophene rings is 1. The quantitative estimate of drug-likeness (QED) is 0.510. The molecule has 0 saturated heterocycles. The zero-order valence-electron chi connectivity index (χ0n) is 13.2. The Labute approximate surface area is 142 Å². The van der Waals surface area contributed by atoms with Crippen molar-refractivity contribution < 1.29 is 4.39 Å². The average Bonchev–Trinajstić information content (AvgIpc) is 3.16. The lowest BCUT2D eigenvalue weighted by Crippen LogP contribution is -2.04. The first kappa shape index (κ1) is 14.0. The van der Waals surface area contributed by atoms with Crippen LogP contribution in [0.3, 0.4) is 0 Å². The molecule has 0 aliphatic heterocycles. The smallest absolute Gasteiger partial charge is 0.182 e. The van der Waals surface area contributed by atoms with E-state index in [0.717, 1.165) is 27.8 Å². The zero-order valence-corrected chi connectivity index (χ0v) is 14.0. The molecule has 1 aliphatic rings. The molecule has 0 fully saturated rings. The summed E-state index contributed by atoms with van der Waals surface area (Å²) < 4.78 is 14.9. The molecule has 120 valence electrons. The fraction of sp³-hybridized carbons (Fsp3) is 0.278. The van der Waals surface area contributed by atoms with Gasteiger partial charge in [0.15, 0.2) is 11.5 Å². The van der Waals surface area contributed by atoms with E-state index in [1.54, 1.807) is 34.3 Å². The maximum Gasteiger partial charge on any atom is 0.182 e. The van der Waals surface area contributed by atoms with E-state index in [0.29, 0.717) is 11.7 Å². The van der Waals surface area contributed by atoms with Gasteiger partial charge in [0.25, 0.3) is 0 Å². The molecular weight excluding hydrogens is 323 g/mol. The first-order valence-electron chi connectivity index (χ1n) is 8.13. The highest BCUT2D eigenvalue weighted by Gasteiger charge is 2.25. The summed E-state index contributed by atoms with van der Waals surface area (Å²) >= 11 is 1.78. The van der Waals surface area contributed by atoms with Crippen molar-refractivity contribution in [3.05, 3.63) is 46.9 Å². The molecule has 1 aromatic carbocycles. The molecule has 0 unspecified atom stereocenters. The van der Waals surface area contributed by atoms with Gasteiger partial charge in [-0.05, 0) is 55.0 Å². The van der Waals surface area contributed by atoms with Gasteiger partial charge >= 0.3 is 0 Å². The molecule has 0 bridgehead atoms. The van der Waals surface area contributed by atoms with Crippen LogP contribution in [-0.2, 0) is 6.42 Å². The summed E-state index contributed by atoms with van der Waals surface area (Å²) in [5.74, 6) is 0.876. The minimum Gasteiger partial charge on any atom is -0.225 e. The van der Waals surface area contributed by atoms with Crippen molar-refractivity contribution in [1.82, 2.24) is 19.6 Å². The third-order valence-corrected chi connectivity index (χ3v) is 5.95. The largest absolute Gasteiger partial charge is 0.225 e. The summed E-state index contributed by atoms with van der Waals surface area (Å²) in [6.45, 7) is 2.28. The number of rotatable bonds is 1. The SMILES string of the molecule is C[C@@H]1CCCc2sc3ncn4nc(-c5ccc(F)cc5)nc4c3c21. The van der Waals surface area contributed by atoms with Gasteiger partial charge in [0.1, 0.15) is 17.0 Å². The minimum absolute atomic E-state index is 0.257. The van der Waals surface area contributed by atoms with E-state index >= 15 is 0 Å². The van der Waals surface area contributed by atoms with Crippen LogP contribution in [0.25, 0.3) is 27.3 Å². The van der Waals surface area contributed by atoms with Gasteiger partial charge in [-0.1, -0.05) is 6.92 Å². The van der Waals surface area contributed by atoms with Crippen LogP contribution in [0, 0.1) is 5.82 Å². The highest BCUT2D eigenvalue weighted by molar-refractivity contribution is 7.19. The Morgan fingerprint density at radius 3 is 2.92 bits per heavy atom. The van der Waals surface area contributed by atoms with Gasteiger partial charge in [-0.15, -0.1) is 16.4 Å². The first-order valence-corrected chi connectivity index (χ1v) is 8.95. The Kier molecular flexibility index (Phi) is 2.97. The van der Waals surface area contributed by atoms with Crippen LogP contribution >= 0.6 is 11.3 Å². The predicted molar refractivity (Wildman–Crippen MR) is 92.9 cm³/mol. The summed E-state index contributed by atoms with van der Waals surface area (Å²) in [5.41, 5.74) is 3.06. The van der Waals surface area contributed by atoms with Gasteiger partial charge in [-0.2, -0.15) is 0 Å². The number of hydrogen-bond acceptors (Lipinski definition) is 4. The Hall–Kier alpha value is -2.34. The van der Waals surface area contributed by atoms with Gasteiger partial charge in [-0.25, -0.2) is 18.9 Å². The van der Waals surface area contributed by atoms with Crippen LogP contribution in [0.5, 0.6) is 0 Å². The Bertz CT molecular complexity index is 1060. The Morgan fingerprint density at radius 1 is 1.25 bits per heavy atom.